The van der Waals surface area contributed by atoms with E-state index in [4.69, 9.17) is 63.6 Å². The first kappa shape index (κ1) is 18.3. The Morgan fingerprint density at radius 2 is 1.86 bits per heavy atom. The molecule has 116 valence electrons. The predicted molar refractivity (Wildman–Crippen MR) is 91.1 cm³/mol. The molecular formula is C13H16Cl4N4. The number of hydrogen-bond donors (Lipinski definition) is 3. The van der Waals surface area contributed by atoms with E-state index in [1.165, 1.54) is 6.08 Å². The minimum absolute atomic E-state index is 0.0604. The molecule has 0 atom stereocenters. The summed E-state index contributed by atoms with van der Waals surface area (Å²) in [7, 11) is 0. The Labute approximate surface area is 144 Å². The maximum atomic E-state index is 6.17. The fourth-order valence-electron chi connectivity index (χ4n) is 1.75. The number of nitrogens with zero attached hydrogens (tertiary/aromatic N) is 1. The molecule has 0 amide bonds. The fraction of sp³-hybridized carbons (Fsp3) is 0.231. The van der Waals surface area contributed by atoms with E-state index in [1.54, 1.807) is 18.2 Å². The van der Waals surface area contributed by atoms with Crippen LogP contribution in [0.2, 0.25) is 10.0 Å². The van der Waals surface area contributed by atoms with Crippen LogP contribution in [-0.4, -0.2) is 18.0 Å². The fourth-order valence-corrected chi connectivity index (χ4v) is 2.40. The van der Waals surface area contributed by atoms with E-state index < -0.39 is 0 Å². The maximum absolute atomic E-state index is 6.17. The number of allylic oxidation sites excluding steroid dienone is 1. The van der Waals surface area contributed by atoms with Crippen LogP contribution in [0.5, 0.6) is 0 Å². The van der Waals surface area contributed by atoms with Crippen LogP contribution in [0.15, 0.2) is 40.3 Å². The molecule has 1 rings (SSSR count). The van der Waals surface area contributed by atoms with Gasteiger partial charge in [-0.1, -0.05) is 46.4 Å². The molecule has 0 radical (unpaired) electrons. The smallest absolute Gasteiger partial charge is 0.123 e. The van der Waals surface area contributed by atoms with Crippen LogP contribution in [0.3, 0.4) is 0 Å². The Bertz CT molecular complexity index is 549. The Kier molecular flexibility index (Phi) is 7.49. The summed E-state index contributed by atoms with van der Waals surface area (Å²) in [5.74, 6) is 0. The van der Waals surface area contributed by atoms with Crippen molar-refractivity contribution in [2.75, 3.05) is 13.1 Å². The summed E-state index contributed by atoms with van der Waals surface area (Å²) in [4.78, 5) is 1.83. The number of nitrogens with two attached hydrogens (primary N) is 3. The molecule has 0 saturated carbocycles. The highest BCUT2D eigenvalue weighted by molar-refractivity contribution is 6.33. The third-order valence-electron chi connectivity index (χ3n) is 2.63. The van der Waals surface area contributed by atoms with Gasteiger partial charge in [0.15, 0.2) is 0 Å². The summed E-state index contributed by atoms with van der Waals surface area (Å²) in [6.07, 6.45) is 1.47. The summed E-state index contributed by atoms with van der Waals surface area (Å²) in [6, 6.07) is 5.20. The second kappa shape index (κ2) is 8.61. The molecule has 1 aromatic rings. The van der Waals surface area contributed by atoms with Gasteiger partial charge < -0.3 is 22.1 Å². The van der Waals surface area contributed by atoms with Crippen molar-refractivity contribution in [2.45, 2.75) is 6.54 Å². The van der Waals surface area contributed by atoms with E-state index in [-0.39, 0.29) is 10.3 Å². The van der Waals surface area contributed by atoms with Gasteiger partial charge in [0, 0.05) is 29.7 Å². The number of hydrogen-bond acceptors (Lipinski definition) is 4. The maximum Gasteiger partial charge on any atom is 0.123 e. The number of benzene rings is 1. The third-order valence-corrected chi connectivity index (χ3v) is 3.53. The molecule has 21 heavy (non-hydrogen) atoms. The lowest BCUT2D eigenvalue weighted by Crippen LogP contribution is -2.29. The third kappa shape index (κ3) is 5.85. The van der Waals surface area contributed by atoms with Crippen LogP contribution in [0.1, 0.15) is 5.56 Å². The second-order valence-corrected chi connectivity index (χ2v) is 5.90. The molecule has 6 N–H and O–H groups in total. The largest absolute Gasteiger partial charge is 0.389 e. The van der Waals surface area contributed by atoms with Crippen molar-refractivity contribution in [3.63, 3.8) is 0 Å². The van der Waals surface area contributed by atoms with Gasteiger partial charge in [0.05, 0.1) is 5.70 Å². The van der Waals surface area contributed by atoms with Gasteiger partial charge in [-0.3, -0.25) is 0 Å². The Morgan fingerprint density at radius 3 is 2.38 bits per heavy atom. The van der Waals surface area contributed by atoms with Gasteiger partial charge in [0.2, 0.25) is 0 Å². The standard InChI is InChI=1S/C13H16Cl4N4/c14-9-1-2-10(15)8(5-9)7-21(4-3-18)11(13(17)20)6-12(16)19/h1-2,5-6H,3-4,7,18-20H2/b12-6-,13-11?. The molecule has 0 heterocycles. The Balaban J connectivity index is 3.14. The quantitative estimate of drug-likeness (QED) is 0.531. The zero-order chi connectivity index (χ0) is 16.0. The highest BCUT2D eigenvalue weighted by atomic mass is 35.5. The van der Waals surface area contributed by atoms with Gasteiger partial charge in [-0.15, -0.1) is 0 Å². The van der Waals surface area contributed by atoms with Crippen LogP contribution in [0.25, 0.3) is 0 Å². The normalized spacial score (nSPS) is 13.1. The van der Waals surface area contributed by atoms with Gasteiger partial charge in [0.1, 0.15) is 10.3 Å². The first-order valence-corrected chi connectivity index (χ1v) is 7.53. The van der Waals surface area contributed by atoms with Gasteiger partial charge in [-0.2, -0.15) is 0 Å². The van der Waals surface area contributed by atoms with Crippen molar-refractivity contribution in [1.82, 2.24) is 4.90 Å². The molecule has 0 fully saturated rings. The molecule has 0 unspecified atom stereocenters. The van der Waals surface area contributed by atoms with Crippen LogP contribution < -0.4 is 17.2 Å². The molecule has 0 aromatic heterocycles. The van der Waals surface area contributed by atoms with Crippen molar-refractivity contribution in [3.8, 4) is 0 Å². The van der Waals surface area contributed by atoms with E-state index in [1.807, 2.05) is 4.90 Å². The van der Waals surface area contributed by atoms with Gasteiger partial charge >= 0.3 is 0 Å². The summed E-state index contributed by atoms with van der Waals surface area (Å²) in [5, 5.41) is 1.29. The van der Waals surface area contributed by atoms with Crippen molar-refractivity contribution >= 4 is 46.4 Å². The molecule has 0 saturated heterocycles. The summed E-state index contributed by atoms with van der Waals surface area (Å²) in [5.41, 5.74) is 18.1. The molecule has 0 bridgehead atoms. The van der Waals surface area contributed by atoms with Gasteiger partial charge in [-0.05, 0) is 29.8 Å². The van der Waals surface area contributed by atoms with E-state index >= 15 is 0 Å². The molecule has 0 aliphatic carbocycles. The number of rotatable bonds is 6. The Hall–Kier alpha value is -0.780. The van der Waals surface area contributed by atoms with Crippen LogP contribution in [-0.2, 0) is 6.54 Å². The lowest BCUT2D eigenvalue weighted by molar-refractivity contribution is 0.354. The van der Waals surface area contributed by atoms with Gasteiger partial charge in [-0.25, -0.2) is 0 Å². The van der Waals surface area contributed by atoms with Crippen LogP contribution in [0, 0.1) is 0 Å². The SMILES string of the molecule is NCCN(Cc1cc(Cl)ccc1Cl)C(/C=C(\N)Cl)=C(N)Cl. The van der Waals surface area contributed by atoms with Crippen LogP contribution in [0.4, 0.5) is 0 Å². The van der Waals surface area contributed by atoms with Crippen LogP contribution >= 0.6 is 46.4 Å². The van der Waals surface area contributed by atoms with E-state index in [0.29, 0.717) is 35.4 Å². The number of halogens is 4. The molecule has 1 aromatic carbocycles. The lowest BCUT2D eigenvalue weighted by atomic mass is 10.2. The summed E-state index contributed by atoms with van der Waals surface area (Å²) in [6.45, 7) is 1.30. The molecule has 8 heteroatoms. The average molecular weight is 370 g/mol. The topological polar surface area (TPSA) is 81.3 Å². The zero-order valence-electron chi connectivity index (χ0n) is 11.1. The molecule has 0 aliphatic rings. The minimum atomic E-state index is 0.0604. The highest BCUT2D eigenvalue weighted by Gasteiger charge is 2.13. The van der Waals surface area contributed by atoms with Crippen molar-refractivity contribution in [3.05, 3.63) is 55.9 Å². The molecule has 0 aliphatic heterocycles. The minimum Gasteiger partial charge on any atom is -0.389 e. The lowest BCUT2D eigenvalue weighted by Gasteiger charge is -2.26. The second-order valence-electron chi connectivity index (χ2n) is 4.21. The summed E-state index contributed by atoms with van der Waals surface area (Å²) < 4.78 is 0. The molecule has 0 spiro atoms. The van der Waals surface area contributed by atoms with Gasteiger partial charge in [0.25, 0.3) is 0 Å². The zero-order valence-corrected chi connectivity index (χ0v) is 14.1. The molecular weight excluding hydrogens is 354 g/mol. The first-order chi connectivity index (χ1) is 9.85. The Morgan fingerprint density at radius 1 is 1.19 bits per heavy atom. The molecule has 4 nitrogen and oxygen atoms in total. The van der Waals surface area contributed by atoms with E-state index in [9.17, 15) is 0 Å². The average Bonchev–Trinajstić information content (AvgIpc) is 2.39. The van der Waals surface area contributed by atoms with Crippen molar-refractivity contribution < 1.29 is 0 Å². The first-order valence-electron chi connectivity index (χ1n) is 6.02. The van der Waals surface area contributed by atoms with E-state index in [2.05, 4.69) is 0 Å². The summed E-state index contributed by atoms with van der Waals surface area (Å²) >= 11 is 23.8. The van der Waals surface area contributed by atoms with E-state index in [0.717, 1.165) is 5.56 Å². The monoisotopic (exact) mass is 368 g/mol. The highest BCUT2D eigenvalue weighted by Crippen LogP contribution is 2.24. The predicted octanol–water partition coefficient (Wildman–Crippen LogP) is 3.16. The van der Waals surface area contributed by atoms with Crippen molar-refractivity contribution in [1.29, 1.82) is 0 Å². The van der Waals surface area contributed by atoms with Crippen molar-refractivity contribution in [2.24, 2.45) is 17.2 Å².